The zero-order chi connectivity index (χ0) is 24.7. The molecule has 3 heterocycles. The van der Waals surface area contributed by atoms with Gasteiger partial charge in [0.1, 0.15) is 5.75 Å². The Kier molecular flexibility index (Phi) is 5.90. The largest absolute Gasteiger partial charge is 0.497 e. The second kappa shape index (κ2) is 9.03. The maximum absolute atomic E-state index is 13.8. The highest BCUT2D eigenvalue weighted by atomic mass is 32.1. The van der Waals surface area contributed by atoms with Gasteiger partial charge >= 0.3 is 5.97 Å². The number of allylic oxidation sites excluding steroid dienone is 1. The summed E-state index contributed by atoms with van der Waals surface area (Å²) in [4.78, 5) is 32.0. The summed E-state index contributed by atoms with van der Waals surface area (Å²) >= 11 is 1.32. The van der Waals surface area contributed by atoms with Crippen molar-refractivity contribution in [3.8, 4) is 5.75 Å². The van der Waals surface area contributed by atoms with Crippen molar-refractivity contribution in [3.63, 3.8) is 0 Å². The summed E-state index contributed by atoms with van der Waals surface area (Å²) < 4.78 is 15.0. The monoisotopic (exact) mass is 487 g/mol. The van der Waals surface area contributed by atoms with Crippen LogP contribution in [0.2, 0.25) is 0 Å². The molecule has 0 amide bonds. The number of carbonyl (C=O) groups is 1. The molecular weight excluding hydrogens is 462 g/mol. The first kappa shape index (κ1) is 22.9. The molecule has 0 N–H and O–H groups in total. The number of rotatable bonds is 5. The number of nitrogens with zero attached hydrogens (tertiary/aromatic N) is 3. The normalized spacial score (nSPS) is 15.8. The zero-order valence-electron chi connectivity index (χ0n) is 19.9. The van der Waals surface area contributed by atoms with Crippen molar-refractivity contribution in [2.24, 2.45) is 12.0 Å². The van der Waals surface area contributed by atoms with Crippen LogP contribution in [0.3, 0.4) is 0 Å². The lowest BCUT2D eigenvalue weighted by molar-refractivity contribution is -0.139. The number of hydrogen-bond donors (Lipinski definition) is 0. The number of para-hydroxylation sites is 1. The van der Waals surface area contributed by atoms with E-state index in [2.05, 4.69) is 4.99 Å². The topological polar surface area (TPSA) is 74.8 Å². The van der Waals surface area contributed by atoms with E-state index < -0.39 is 12.0 Å². The second-order valence-corrected chi connectivity index (χ2v) is 9.30. The van der Waals surface area contributed by atoms with E-state index in [1.54, 1.807) is 25.5 Å². The Balaban J connectivity index is 1.76. The van der Waals surface area contributed by atoms with Crippen molar-refractivity contribution in [2.45, 2.75) is 19.9 Å². The first-order valence-electron chi connectivity index (χ1n) is 11.3. The molecule has 0 aliphatic carbocycles. The lowest BCUT2D eigenvalue weighted by Crippen LogP contribution is -2.39. The van der Waals surface area contributed by atoms with E-state index in [9.17, 15) is 9.59 Å². The number of ether oxygens (including phenoxy) is 2. The minimum absolute atomic E-state index is 0.205. The Hall–Kier alpha value is -3.91. The van der Waals surface area contributed by atoms with E-state index in [0.29, 0.717) is 26.4 Å². The van der Waals surface area contributed by atoms with Crippen LogP contribution in [0, 0.1) is 0 Å². The third-order valence-corrected chi connectivity index (χ3v) is 7.12. The fraction of sp³-hybridized carbons (Fsp3) is 0.222. The van der Waals surface area contributed by atoms with Crippen LogP contribution in [0.5, 0.6) is 5.75 Å². The molecule has 4 aromatic rings. The summed E-state index contributed by atoms with van der Waals surface area (Å²) in [6.07, 6.45) is 3.91. The van der Waals surface area contributed by atoms with Crippen LogP contribution in [0.4, 0.5) is 0 Å². The highest BCUT2D eigenvalue weighted by Crippen LogP contribution is 2.32. The number of esters is 1. The van der Waals surface area contributed by atoms with Gasteiger partial charge in [0.25, 0.3) is 5.56 Å². The molecule has 1 aliphatic heterocycles. The maximum atomic E-state index is 13.8. The molecule has 0 unspecified atom stereocenters. The summed E-state index contributed by atoms with van der Waals surface area (Å²) in [5.74, 6) is 0.156. The molecule has 0 bridgehead atoms. The molecule has 2 aromatic carbocycles. The predicted molar refractivity (Wildman–Crippen MR) is 136 cm³/mol. The standard InChI is InChI=1S/C27H25N3O4S/c1-5-34-26(32)23-16(2)28-27-30(24(23)17-9-8-10-19(13-17)33-4)25(31)22(35-27)14-18-15-29(3)21-12-7-6-11-20(18)21/h6-15,24H,5H2,1-4H3/b22-14+/t24-/m1/s1. The molecule has 1 atom stereocenters. The number of aromatic nitrogens is 2. The van der Waals surface area contributed by atoms with Gasteiger partial charge in [-0.1, -0.05) is 41.7 Å². The number of hydrogen-bond acceptors (Lipinski definition) is 6. The summed E-state index contributed by atoms with van der Waals surface area (Å²) in [5, 5.41) is 1.06. The van der Waals surface area contributed by atoms with Crippen molar-refractivity contribution < 1.29 is 14.3 Å². The van der Waals surface area contributed by atoms with Crippen LogP contribution in [0.1, 0.15) is 31.0 Å². The molecule has 0 saturated heterocycles. The molecule has 178 valence electrons. The molecule has 5 rings (SSSR count). The Bertz CT molecular complexity index is 1670. The summed E-state index contributed by atoms with van der Waals surface area (Å²) in [6.45, 7) is 3.76. The molecule has 7 nitrogen and oxygen atoms in total. The van der Waals surface area contributed by atoms with Crippen LogP contribution in [0.25, 0.3) is 17.0 Å². The Morgan fingerprint density at radius 3 is 2.77 bits per heavy atom. The van der Waals surface area contributed by atoms with Crippen LogP contribution >= 0.6 is 11.3 Å². The molecule has 0 saturated carbocycles. The molecule has 0 spiro atoms. The summed E-state index contributed by atoms with van der Waals surface area (Å²) in [5.41, 5.74) is 3.47. The molecule has 8 heteroatoms. The van der Waals surface area contributed by atoms with Gasteiger partial charge < -0.3 is 14.0 Å². The van der Waals surface area contributed by atoms with Crippen molar-refractivity contribution in [3.05, 3.63) is 96.8 Å². The average Bonchev–Trinajstić information content (AvgIpc) is 3.34. The number of methoxy groups -OCH3 is 1. The van der Waals surface area contributed by atoms with Gasteiger partial charge in [0.2, 0.25) is 0 Å². The highest BCUT2D eigenvalue weighted by molar-refractivity contribution is 7.07. The van der Waals surface area contributed by atoms with Gasteiger partial charge in [-0.05, 0) is 43.7 Å². The average molecular weight is 488 g/mol. The van der Waals surface area contributed by atoms with Gasteiger partial charge in [-0.3, -0.25) is 9.36 Å². The van der Waals surface area contributed by atoms with Gasteiger partial charge in [-0.25, -0.2) is 9.79 Å². The second-order valence-electron chi connectivity index (χ2n) is 8.29. The fourth-order valence-corrected chi connectivity index (χ4v) is 5.59. The van der Waals surface area contributed by atoms with E-state index in [0.717, 1.165) is 22.0 Å². The van der Waals surface area contributed by atoms with Crippen LogP contribution in [-0.4, -0.2) is 28.8 Å². The van der Waals surface area contributed by atoms with Crippen LogP contribution in [0.15, 0.2) is 75.8 Å². The first-order valence-corrected chi connectivity index (χ1v) is 12.1. The quantitative estimate of drug-likeness (QED) is 0.405. The lowest BCUT2D eigenvalue weighted by Gasteiger charge is -2.25. The SMILES string of the molecule is CCOC(=O)C1=C(C)N=c2s/c(=C/c3cn(C)c4ccccc34)c(=O)n2[C@@H]1c1cccc(OC)c1. The number of fused-ring (bicyclic) bond motifs is 2. The lowest BCUT2D eigenvalue weighted by atomic mass is 9.95. The minimum Gasteiger partial charge on any atom is -0.497 e. The highest BCUT2D eigenvalue weighted by Gasteiger charge is 2.33. The Morgan fingerprint density at radius 1 is 1.20 bits per heavy atom. The van der Waals surface area contributed by atoms with E-state index in [1.807, 2.05) is 72.4 Å². The van der Waals surface area contributed by atoms with E-state index in [-0.39, 0.29) is 12.2 Å². The molecule has 1 aliphatic rings. The zero-order valence-corrected chi connectivity index (χ0v) is 20.8. The van der Waals surface area contributed by atoms with Gasteiger partial charge in [0.15, 0.2) is 4.80 Å². The maximum Gasteiger partial charge on any atom is 0.338 e. The number of benzene rings is 2. The van der Waals surface area contributed by atoms with Crippen LogP contribution in [-0.2, 0) is 16.6 Å². The van der Waals surface area contributed by atoms with Crippen molar-refractivity contribution in [2.75, 3.05) is 13.7 Å². The predicted octanol–water partition coefficient (Wildman–Crippen LogP) is 3.30. The summed E-state index contributed by atoms with van der Waals surface area (Å²) in [6, 6.07) is 14.8. The third-order valence-electron chi connectivity index (χ3n) is 6.14. The molecular formula is C27H25N3O4S. The Labute approximate surface area is 205 Å². The Morgan fingerprint density at radius 2 is 2.00 bits per heavy atom. The van der Waals surface area contributed by atoms with E-state index >= 15 is 0 Å². The van der Waals surface area contributed by atoms with Gasteiger partial charge in [-0.2, -0.15) is 0 Å². The smallest absolute Gasteiger partial charge is 0.338 e. The summed E-state index contributed by atoms with van der Waals surface area (Å²) in [7, 11) is 3.57. The van der Waals surface area contributed by atoms with Gasteiger partial charge in [-0.15, -0.1) is 0 Å². The van der Waals surface area contributed by atoms with Crippen LogP contribution < -0.4 is 19.6 Å². The van der Waals surface area contributed by atoms with Gasteiger partial charge in [0, 0.05) is 29.7 Å². The van der Waals surface area contributed by atoms with Gasteiger partial charge in [0.05, 0.1) is 35.6 Å². The number of aryl methyl sites for hydroxylation is 1. The first-order chi connectivity index (χ1) is 16.9. The molecule has 0 fully saturated rings. The van der Waals surface area contributed by atoms with E-state index in [4.69, 9.17) is 9.47 Å². The number of thiazole rings is 1. The fourth-order valence-electron chi connectivity index (χ4n) is 4.55. The minimum atomic E-state index is -0.671. The van der Waals surface area contributed by atoms with Crippen molar-refractivity contribution in [1.29, 1.82) is 0 Å². The third kappa shape index (κ3) is 3.89. The molecule has 2 aromatic heterocycles. The number of carbonyl (C=O) groups excluding carboxylic acids is 1. The van der Waals surface area contributed by atoms with Crippen molar-refractivity contribution in [1.82, 2.24) is 9.13 Å². The van der Waals surface area contributed by atoms with E-state index in [1.165, 1.54) is 11.3 Å². The molecule has 35 heavy (non-hydrogen) atoms. The molecule has 0 radical (unpaired) electrons. The van der Waals surface area contributed by atoms with Crippen molar-refractivity contribution >= 4 is 34.3 Å².